The number of nitrogens with zero attached hydrogens (tertiary/aromatic N) is 2. The Labute approximate surface area is 144 Å². The third-order valence-electron chi connectivity index (χ3n) is 3.50. The lowest BCUT2D eigenvalue weighted by Gasteiger charge is -2.20. The first-order valence-corrected chi connectivity index (χ1v) is 7.41. The molecule has 128 valence electrons. The van der Waals surface area contributed by atoms with Gasteiger partial charge in [-0.2, -0.15) is 5.26 Å². The molecule has 6 nitrogen and oxygen atoms in total. The van der Waals surface area contributed by atoms with Crippen molar-refractivity contribution in [3.05, 3.63) is 59.4 Å². The fourth-order valence-electron chi connectivity index (χ4n) is 2.34. The number of amides is 1. The minimum atomic E-state index is -1.00. The first kappa shape index (κ1) is 17.9. The van der Waals surface area contributed by atoms with Gasteiger partial charge in [-0.05, 0) is 29.8 Å². The average Bonchev–Trinajstić information content (AvgIpc) is 2.55. The van der Waals surface area contributed by atoms with Gasteiger partial charge in [0.25, 0.3) is 0 Å². The highest BCUT2D eigenvalue weighted by molar-refractivity contribution is 5.95. The normalized spacial score (nSPS) is 9.96. The Bertz CT molecular complexity index is 846. The standard InChI is InChI=1S/C18H16FN3O3/c1-22(16-7-6-12(10-20)8-14(16)19)11-17(23)21-15-5-3-2-4-13(15)9-18(24)25/h2-8H,9,11H2,1H3,(H,21,23)(H,24,25). The topological polar surface area (TPSA) is 93.4 Å². The number of benzene rings is 2. The number of anilines is 2. The molecule has 2 rings (SSSR count). The molecule has 0 aliphatic carbocycles. The summed E-state index contributed by atoms with van der Waals surface area (Å²) in [6.07, 6.45) is -0.212. The molecular weight excluding hydrogens is 325 g/mol. The molecule has 0 atom stereocenters. The molecule has 0 fully saturated rings. The van der Waals surface area contributed by atoms with Crippen LogP contribution in [0.3, 0.4) is 0 Å². The van der Waals surface area contributed by atoms with E-state index in [1.54, 1.807) is 31.3 Å². The summed E-state index contributed by atoms with van der Waals surface area (Å²) < 4.78 is 14.0. The molecule has 2 aromatic carbocycles. The van der Waals surface area contributed by atoms with Gasteiger partial charge in [-0.15, -0.1) is 0 Å². The summed E-state index contributed by atoms with van der Waals surface area (Å²) in [5.41, 5.74) is 1.27. The van der Waals surface area contributed by atoms with Crippen LogP contribution < -0.4 is 10.2 Å². The fourth-order valence-corrected chi connectivity index (χ4v) is 2.34. The number of carboxylic acids is 1. The number of carbonyl (C=O) groups is 2. The Kier molecular flexibility index (Phi) is 5.69. The lowest BCUT2D eigenvalue weighted by Crippen LogP contribution is -2.31. The fraction of sp³-hybridized carbons (Fsp3) is 0.167. The predicted molar refractivity (Wildman–Crippen MR) is 90.8 cm³/mol. The molecule has 0 saturated carbocycles. The maximum atomic E-state index is 14.0. The van der Waals surface area contributed by atoms with Crippen molar-refractivity contribution in [3.8, 4) is 6.07 Å². The van der Waals surface area contributed by atoms with Crippen LogP contribution in [-0.2, 0) is 16.0 Å². The molecule has 0 aliphatic rings. The molecule has 0 heterocycles. The van der Waals surface area contributed by atoms with Crippen molar-refractivity contribution in [3.63, 3.8) is 0 Å². The maximum Gasteiger partial charge on any atom is 0.307 e. The second kappa shape index (κ2) is 7.93. The van der Waals surface area contributed by atoms with Gasteiger partial charge in [-0.3, -0.25) is 9.59 Å². The van der Waals surface area contributed by atoms with Gasteiger partial charge in [-0.1, -0.05) is 18.2 Å². The zero-order chi connectivity index (χ0) is 18.4. The molecule has 7 heteroatoms. The smallest absolute Gasteiger partial charge is 0.307 e. The SMILES string of the molecule is CN(CC(=O)Nc1ccccc1CC(=O)O)c1ccc(C#N)cc1F. The van der Waals surface area contributed by atoms with Crippen LogP contribution in [0.4, 0.5) is 15.8 Å². The number of hydrogen-bond acceptors (Lipinski definition) is 4. The second-order valence-corrected chi connectivity index (χ2v) is 5.41. The second-order valence-electron chi connectivity index (χ2n) is 5.41. The first-order valence-electron chi connectivity index (χ1n) is 7.41. The summed E-state index contributed by atoms with van der Waals surface area (Å²) in [7, 11) is 1.55. The van der Waals surface area contributed by atoms with E-state index in [2.05, 4.69) is 5.32 Å². The number of para-hydroxylation sites is 1. The van der Waals surface area contributed by atoms with E-state index in [1.165, 1.54) is 17.0 Å². The number of nitrogens with one attached hydrogen (secondary N) is 1. The summed E-state index contributed by atoms with van der Waals surface area (Å²) >= 11 is 0. The molecule has 2 aromatic rings. The molecule has 0 unspecified atom stereocenters. The van der Waals surface area contributed by atoms with Gasteiger partial charge in [0.15, 0.2) is 0 Å². The molecule has 0 spiro atoms. The van der Waals surface area contributed by atoms with Gasteiger partial charge < -0.3 is 15.3 Å². The van der Waals surface area contributed by atoms with E-state index in [4.69, 9.17) is 10.4 Å². The highest BCUT2D eigenvalue weighted by Crippen LogP contribution is 2.20. The summed E-state index contributed by atoms with van der Waals surface area (Å²) in [4.78, 5) is 24.5. The van der Waals surface area contributed by atoms with Crippen LogP contribution >= 0.6 is 0 Å². The van der Waals surface area contributed by atoms with E-state index in [0.29, 0.717) is 11.3 Å². The van der Waals surface area contributed by atoms with E-state index < -0.39 is 17.7 Å². The Morgan fingerprint density at radius 3 is 2.64 bits per heavy atom. The third-order valence-corrected chi connectivity index (χ3v) is 3.50. The van der Waals surface area contributed by atoms with Crippen LogP contribution in [-0.4, -0.2) is 30.6 Å². The molecule has 0 saturated heterocycles. The molecule has 1 amide bonds. The van der Waals surface area contributed by atoms with E-state index in [1.807, 2.05) is 6.07 Å². The zero-order valence-corrected chi connectivity index (χ0v) is 13.5. The number of halogens is 1. The predicted octanol–water partition coefficient (Wildman–Crippen LogP) is 2.40. The highest BCUT2D eigenvalue weighted by Gasteiger charge is 2.14. The Morgan fingerprint density at radius 2 is 2.00 bits per heavy atom. The summed E-state index contributed by atoms with van der Waals surface area (Å²) in [6, 6.07) is 12.4. The van der Waals surface area contributed by atoms with E-state index in [0.717, 1.165) is 6.07 Å². The minimum absolute atomic E-state index is 0.135. The molecule has 0 radical (unpaired) electrons. The van der Waals surface area contributed by atoms with Gasteiger partial charge in [0.05, 0.1) is 30.3 Å². The molecule has 2 N–H and O–H groups in total. The van der Waals surface area contributed by atoms with Crippen LogP contribution in [0.1, 0.15) is 11.1 Å². The number of carboxylic acid groups (broad SMARTS) is 1. The Morgan fingerprint density at radius 1 is 1.28 bits per heavy atom. The lowest BCUT2D eigenvalue weighted by atomic mass is 10.1. The number of aliphatic carboxylic acids is 1. The molecule has 0 bridgehead atoms. The molecule has 25 heavy (non-hydrogen) atoms. The van der Waals surface area contributed by atoms with Gasteiger partial charge in [0.1, 0.15) is 5.82 Å². The van der Waals surface area contributed by atoms with E-state index >= 15 is 0 Å². The van der Waals surface area contributed by atoms with Crippen molar-refractivity contribution in [2.75, 3.05) is 23.8 Å². The van der Waals surface area contributed by atoms with Gasteiger partial charge >= 0.3 is 5.97 Å². The highest BCUT2D eigenvalue weighted by atomic mass is 19.1. The lowest BCUT2D eigenvalue weighted by molar-refractivity contribution is -0.136. The molecular formula is C18H16FN3O3. The van der Waals surface area contributed by atoms with Crippen LogP contribution in [0, 0.1) is 17.1 Å². The Hall–Kier alpha value is -3.40. The van der Waals surface area contributed by atoms with Crippen molar-refractivity contribution in [1.29, 1.82) is 5.26 Å². The van der Waals surface area contributed by atoms with Crippen LogP contribution in [0.2, 0.25) is 0 Å². The Balaban J connectivity index is 2.08. The number of likely N-dealkylation sites (N-methyl/N-ethyl adjacent to an activating group) is 1. The monoisotopic (exact) mass is 341 g/mol. The maximum absolute atomic E-state index is 14.0. The van der Waals surface area contributed by atoms with Crippen molar-refractivity contribution >= 4 is 23.3 Å². The zero-order valence-electron chi connectivity index (χ0n) is 13.5. The van der Waals surface area contributed by atoms with Crippen molar-refractivity contribution < 1.29 is 19.1 Å². The largest absolute Gasteiger partial charge is 0.481 e. The summed E-state index contributed by atoms with van der Waals surface area (Å²) in [6.45, 7) is -0.135. The van der Waals surface area contributed by atoms with Gasteiger partial charge in [0.2, 0.25) is 5.91 Å². The average molecular weight is 341 g/mol. The van der Waals surface area contributed by atoms with Gasteiger partial charge in [-0.25, -0.2) is 4.39 Å². The number of nitriles is 1. The first-order chi connectivity index (χ1) is 11.9. The number of carbonyl (C=O) groups excluding carboxylic acids is 1. The van der Waals surface area contributed by atoms with E-state index in [-0.39, 0.29) is 24.2 Å². The van der Waals surface area contributed by atoms with E-state index in [9.17, 15) is 14.0 Å². The quantitative estimate of drug-likeness (QED) is 0.841. The van der Waals surface area contributed by atoms with Crippen LogP contribution in [0.25, 0.3) is 0 Å². The van der Waals surface area contributed by atoms with Crippen LogP contribution in [0.15, 0.2) is 42.5 Å². The number of hydrogen-bond donors (Lipinski definition) is 2. The van der Waals surface area contributed by atoms with Crippen molar-refractivity contribution in [2.24, 2.45) is 0 Å². The third kappa shape index (κ3) is 4.78. The number of rotatable bonds is 6. The molecule has 0 aliphatic heterocycles. The summed E-state index contributed by atoms with van der Waals surface area (Å²) in [5, 5.41) is 20.3. The van der Waals surface area contributed by atoms with Crippen molar-refractivity contribution in [1.82, 2.24) is 0 Å². The molecule has 0 aromatic heterocycles. The van der Waals surface area contributed by atoms with Crippen LogP contribution in [0.5, 0.6) is 0 Å². The van der Waals surface area contributed by atoms with Gasteiger partial charge in [0, 0.05) is 12.7 Å². The van der Waals surface area contributed by atoms with Crippen molar-refractivity contribution in [2.45, 2.75) is 6.42 Å². The minimum Gasteiger partial charge on any atom is -0.481 e. The summed E-state index contributed by atoms with van der Waals surface area (Å²) in [5.74, 6) is -2.01.